The summed E-state index contributed by atoms with van der Waals surface area (Å²) in [4.78, 5) is 23.1. The van der Waals surface area contributed by atoms with E-state index in [-0.39, 0.29) is 30.5 Å². The standard InChI is InChI=1S/C25H22F2N4O2/c1-24(13-16-6-3-4-8-19(16)26)14-25(22(32)31(2)23(28)30-25)18-12-15(9-10-20(18)33-24)17-7-5-11-29-21(17)27/h3-12H,13-14H2,1-2H3,(H2,28,30). The molecule has 2 aromatic carbocycles. The minimum absolute atomic E-state index is 0.0825. The summed E-state index contributed by atoms with van der Waals surface area (Å²) in [6.07, 6.45) is 1.74. The number of nitrogens with two attached hydrogens (primary N) is 1. The van der Waals surface area contributed by atoms with E-state index in [4.69, 9.17) is 10.5 Å². The summed E-state index contributed by atoms with van der Waals surface area (Å²) in [5.41, 5.74) is 5.55. The summed E-state index contributed by atoms with van der Waals surface area (Å²) < 4.78 is 35.2. The SMILES string of the molecule is CN1C(=O)C2(CC(C)(Cc3ccccc3F)Oc3ccc(-c4cccnc4F)cc32)N=C1N. The van der Waals surface area contributed by atoms with E-state index in [0.717, 1.165) is 0 Å². The smallest absolute Gasteiger partial charge is 0.261 e. The topological polar surface area (TPSA) is 80.8 Å². The zero-order chi connectivity index (χ0) is 23.4. The van der Waals surface area contributed by atoms with Crippen molar-refractivity contribution in [2.45, 2.75) is 30.9 Å². The van der Waals surface area contributed by atoms with Gasteiger partial charge in [0, 0.05) is 37.2 Å². The number of hydrogen-bond acceptors (Lipinski definition) is 5. The Morgan fingerprint density at radius 3 is 2.64 bits per heavy atom. The highest BCUT2D eigenvalue weighted by Crippen LogP contribution is 2.50. The van der Waals surface area contributed by atoms with Crippen molar-refractivity contribution in [3.05, 3.63) is 83.7 Å². The maximum atomic E-state index is 14.4. The zero-order valence-electron chi connectivity index (χ0n) is 18.2. The second kappa shape index (κ2) is 7.37. The van der Waals surface area contributed by atoms with E-state index in [1.807, 2.05) is 6.92 Å². The number of hydrogen-bond donors (Lipinski definition) is 1. The van der Waals surface area contributed by atoms with E-state index in [0.29, 0.717) is 28.0 Å². The number of amides is 1. The molecule has 168 valence electrons. The zero-order valence-corrected chi connectivity index (χ0v) is 18.2. The number of nitrogens with zero attached hydrogens (tertiary/aromatic N) is 3. The number of carbonyl (C=O) groups excluding carboxylic acids is 1. The Labute approximate surface area is 189 Å². The molecule has 0 saturated heterocycles. The van der Waals surface area contributed by atoms with Crippen molar-refractivity contribution >= 4 is 11.9 Å². The molecule has 2 unspecified atom stereocenters. The number of carbonyl (C=O) groups is 1. The summed E-state index contributed by atoms with van der Waals surface area (Å²) in [5.74, 6) is -0.770. The van der Waals surface area contributed by atoms with E-state index < -0.39 is 17.1 Å². The van der Waals surface area contributed by atoms with Crippen LogP contribution in [0.4, 0.5) is 8.78 Å². The van der Waals surface area contributed by atoms with Crippen LogP contribution in [0.25, 0.3) is 11.1 Å². The third-order valence-corrected chi connectivity index (χ3v) is 6.31. The lowest BCUT2D eigenvalue weighted by molar-refractivity contribution is -0.133. The van der Waals surface area contributed by atoms with Crippen LogP contribution >= 0.6 is 0 Å². The predicted molar refractivity (Wildman–Crippen MR) is 119 cm³/mol. The van der Waals surface area contributed by atoms with Gasteiger partial charge in [-0.2, -0.15) is 4.39 Å². The van der Waals surface area contributed by atoms with Gasteiger partial charge in [-0.1, -0.05) is 24.3 Å². The Morgan fingerprint density at radius 1 is 1.15 bits per heavy atom. The third kappa shape index (κ3) is 3.33. The Bertz CT molecular complexity index is 1310. The molecule has 0 aliphatic carbocycles. The number of rotatable bonds is 3. The highest BCUT2D eigenvalue weighted by atomic mass is 19.1. The molecule has 3 aromatic rings. The number of benzene rings is 2. The van der Waals surface area contributed by atoms with Gasteiger partial charge in [0.15, 0.2) is 11.5 Å². The summed E-state index contributed by atoms with van der Waals surface area (Å²) >= 11 is 0. The van der Waals surface area contributed by atoms with Crippen LogP contribution in [0.15, 0.2) is 65.8 Å². The van der Waals surface area contributed by atoms with Gasteiger partial charge in [0.2, 0.25) is 5.95 Å². The molecule has 5 rings (SSSR count). The van der Waals surface area contributed by atoms with Gasteiger partial charge >= 0.3 is 0 Å². The molecule has 2 atom stereocenters. The van der Waals surface area contributed by atoms with Gasteiger partial charge in [0.25, 0.3) is 5.91 Å². The van der Waals surface area contributed by atoms with Crippen LogP contribution in [-0.2, 0) is 16.8 Å². The summed E-state index contributed by atoms with van der Waals surface area (Å²) in [7, 11) is 1.56. The first-order chi connectivity index (χ1) is 15.7. The summed E-state index contributed by atoms with van der Waals surface area (Å²) in [5, 5.41) is 0. The Morgan fingerprint density at radius 2 is 1.94 bits per heavy atom. The number of aliphatic imine (C=N–C) groups is 1. The van der Waals surface area contributed by atoms with Crippen LogP contribution in [0, 0.1) is 11.8 Å². The Kier molecular flexibility index (Phi) is 4.70. The molecule has 6 nitrogen and oxygen atoms in total. The van der Waals surface area contributed by atoms with Crippen LogP contribution in [0.5, 0.6) is 5.75 Å². The van der Waals surface area contributed by atoms with Crippen LogP contribution in [-0.4, -0.2) is 34.4 Å². The first-order valence-corrected chi connectivity index (χ1v) is 10.5. The molecular weight excluding hydrogens is 426 g/mol. The molecule has 8 heteroatoms. The van der Waals surface area contributed by atoms with E-state index >= 15 is 0 Å². The fourth-order valence-corrected chi connectivity index (χ4v) is 4.78. The van der Waals surface area contributed by atoms with E-state index in [1.165, 1.54) is 17.2 Å². The van der Waals surface area contributed by atoms with Crippen LogP contribution in [0.2, 0.25) is 0 Å². The molecule has 0 radical (unpaired) electrons. The highest BCUT2D eigenvalue weighted by Gasteiger charge is 2.56. The fraction of sp³-hybridized carbons (Fsp3) is 0.240. The second-order valence-electron chi connectivity index (χ2n) is 8.74. The normalized spacial score (nSPS) is 23.9. The van der Waals surface area contributed by atoms with Crippen molar-refractivity contribution in [1.29, 1.82) is 0 Å². The van der Waals surface area contributed by atoms with Crippen molar-refractivity contribution in [3.8, 4) is 16.9 Å². The summed E-state index contributed by atoms with van der Waals surface area (Å²) in [6, 6.07) is 14.8. The average molecular weight is 448 g/mol. The molecule has 3 heterocycles. The largest absolute Gasteiger partial charge is 0.487 e. The molecule has 0 bridgehead atoms. The van der Waals surface area contributed by atoms with Crippen molar-refractivity contribution in [3.63, 3.8) is 0 Å². The highest BCUT2D eigenvalue weighted by molar-refractivity contribution is 6.07. The van der Waals surface area contributed by atoms with Crippen molar-refractivity contribution in [2.24, 2.45) is 10.7 Å². The van der Waals surface area contributed by atoms with Gasteiger partial charge in [-0.3, -0.25) is 9.69 Å². The molecule has 1 spiro atoms. The van der Waals surface area contributed by atoms with Crippen molar-refractivity contribution in [1.82, 2.24) is 9.88 Å². The summed E-state index contributed by atoms with van der Waals surface area (Å²) in [6.45, 7) is 1.83. The van der Waals surface area contributed by atoms with E-state index in [9.17, 15) is 13.6 Å². The lowest BCUT2D eigenvalue weighted by Crippen LogP contribution is -2.51. The van der Waals surface area contributed by atoms with Crippen molar-refractivity contribution in [2.75, 3.05) is 7.05 Å². The molecule has 0 fully saturated rings. The molecular formula is C25H22F2N4O2. The van der Waals surface area contributed by atoms with Crippen LogP contribution in [0.1, 0.15) is 24.5 Å². The molecule has 2 aliphatic rings. The van der Waals surface area contributed by atoms with Gasteiger partial charge in [0.1, 0.15) is 17.2 Å². The van der Waals surface area contributed by atoms with Crippen LogP contribution < -0.4 is 10.5 Å². The minimum Gasteiger partial charge on any atom is -0.487 e. The third-order valence-electron chi connectivity index (χ3n) is 6.31. The molecule has 2 N–H and O–H groups in total. The number of fused-ring (bicyclic) bond motifs is 2. The van der Waals surface area contributed by atoms with Gasteiger partial charge in [-0.15, -0.1) is 0 Å². The number of aromatic nitrogens is 1. The number of pyridine rings is 1. The minimum atomic E-state index is -1.36. The van der Waals surface area contributed by atoms with Crippen molar-refractivity contribution < 1.29 is 18.3 Å². The van der Waals surface area contributed by atoms with Gasteiger partial charge < -0.3 is 10.5 Å². The first kappa shape index (κ1) is 21.1. The lowest BCUT2D eigenvalue weighted by atomic mass is 9.74. The lowest BCUT2D eigenvalue weighted by Gasteiger charge is -2.43. The van der Waals surface area contributed by atoms with Gasteiger partial charge in [0.05, 0.1) is 0 Å². The number of halogens is 2. The number of ether oxygens (including phenoxy) is 1. The van der Waals surface area contributed by atoms with Gasteiger partial charge in [-0.05, 0) is 48.4 Å². The predicted octanol–water partition coefficient (Wildman–Crippen LogP) is 3.79. The second-order valence-corrected chi connectivity index (χ2v) is 8.74. The molecule has 1 amide bonds. The Balaban J connectivity index is 1.66. The number of likely N-dealkylation sites (N-methyl/N-ethyl adjacent to an activating group) is 1. The van der Waals surface area contributed by atoms with E-state index in [1.54, 1.807) is 55.6 Å². The van der Waals surface area contributed by atoms with E-state index in [2.05, 4.69) is 9.98 Å². The average Bonchev–Trinajstić information content (AvgIpc) is 2.99. The van der Waals surface area contributed by atoms with Crippen LogP contribution in [0.3, 0.4) is 0 Å². The quantitative estimate of drug-likeness (QED) is 0.618. The monoisotopic (exact) mass is 448 g/mol. The number of guanidine groups is 1. The fourth-order valence-electron chi connectivity index (χ4n) is 4.78. The van der Waals surface area contributed by atoms with Gasteiger partial charge in [-0.25, -0.2) is 14.4 Å². The molecule has 2 aliphatic heterocycles. The molecule has 33 heavy (non-hydrogen) atoms. The first-order valence-electron chi connectivity index (χ1n) is 10.5. The Hall–Kier alpha value is -3.81. The molecule has 0 saturated carbocycles. The molecule has 1 aromatic heterocycles. The maximum absolute atomic E-state index is 14.4. The maximum Gasteiger partial charge on any atom is 0.261 e.